The molecule has 1 aromatic carbocycles. The second-order valence-electron chi connectivity index (χ2n) is 3.34. The first-order valence-corrected chi connectivity index (χ1v) is 4.65. The number of benzene rings is 1. The molecule has 0 N–H and O–H groups in total. The van der Waals surface area contributed by atoms with Crippen molar-refractivity contribution in [3.05, 3.63) is 35.6 Å². The first kappa shape index (κ1) is 11.1. The average Bonchev–Trinajstić information content (AvgIpc) is 2.17. The van der Waals surface area contributed by atoms with Crippen molar-refractivity contribution in [3.8, 4) is 0 Å². The van der Waals surface area contributed by atoms with Gasteiger partial charge in [0.05, 0.1) is 6.73 Å². The van der Waals surface area contributed by atoms with Crippen molar-refractivity contribution in [2.24, 2.45) is 0 Å². The van der Waals surface area contributed by atoms with Crippen LogP contribution < -0.4 is 0 Å². The molecule has 0 aliphatic heterocycles. The van der Waals surface area contributed by atoms with Crippen molar-refractivity contribution in [2.75, 3.05) is 27.4 Å². The highest BCUT2D eigenvalue weighted by Gasteiger charge is 2.02. The molecule has 0 unspecified atom stereocenters. The molecule has 0 atom stereocenters. The maximum Gasteiger partial charge on any atom is 0.126 e. The summed E-state index contributed by atoms with van der Waals surface area (Å²) in [5.74, 6) is -0.127. The Bertz CT molecular complexity index is 278. The van der Waals surface area contributed by atoms with Crippen LogP contribution in [0.15, 0.2) is 24.3 Å². The standard InChI is InChI=1S/C11H16FNO/c1-13(9-14-2)8-7-10-5-3-4-6-11(10)12/h3-6H,7-9H2,1-2H3. The molecule has 2 nitrogen and oxygen atoms in total. The van der Waals surface area contributed by atoms with Crippen molar-refractivity contribution in [2.45, 2.75) is 6.42 Å². The van der Waals surface area contributed by atoms with E-state index in [4.69, 9.17) is 4.74 Å². The number of ether oxygens (including phenoxy) is 1. The van der Waals surface area contributed by atoms with Crippen molar-refractivity contribution in [1.29, 1.82) is 0 Å². The molecule has 0 fully saturated rings. The van der Waals surface area contributed by atoms with Gasteiger partial charge in [-0.15, -0.1) is 0 Å². The fourth-order valence-electron chi connectivity index (χ4n) is 1.30. The zero-order valence-corrected chi connectivity index (χ0v) is 8.66. The van der Waals surface area contributed by atoms with Gasteiger partial charge in [-0.25, -0.2) is 4.39 Å². The van der Waals surface area contributed by atoms with E-state index in [2.05, 4.69) is 0 Å². The number of rotatable bonds is 5. The Balaban J connectivity index is 2.41. The number of likely N-dealkylation sites (N-methyl/N-ethyl adjacent to an activating group) is 1. The number of hydrogen-bond acceptors (Lipinski definition) is 2. The van der Waals surface area contributed by atoms with Crippen LogP contribution in [0.4, 0.5) is 4.39 Å². The Kier molecular flexibility index (Phi) is 4.56. The summed E-state index contributed by atoms with van der Waals surface area (Å²) in [6, 6.07) is 6.87. The molecule has 0 saturated heterocycles. The van der Waals surface area contributed by atoms with Crippen LogP contribution in [0.5, 0.6) is 0 Å². The van der Waals surface area contributed by atoms with Crippen LogP contribution in [0.25, 0.3) is 0 Å². The van der Waals surface area contributed by atoms with Gasteiger partial charge in [-0.2, -0.15) is 0 Å². The van der Waals surface area contributed by atoms with Crippen LogP contribution in [0.2, 0.25) is 0 Å². The minimum Gasteiger partial charge on any atom is -0.369 e. The predicted octanol–water partition coefficient (Wildman–Crippen LogP) is 1.90. The molecule has 1 rings (SSSR count). The van der Waals surface area contributed by atoms with Gasteiger partial charge in [0, 0.05) is 13.7 Å². The highest BCUT2D eigenvalue weighted by Crippen LogP contribution is 2.07. The number of halogens is 1. The van der Waals surface area contributed by atoms with Gasteiger partial charge < -0.3 is 4.74 Å². The number of methoxy groups -OCH3 is 1. The second-order valence-corrected chi connectivity index (χ2v) is 3.34. The molecule has 0 aliphatic rings. The lowest BCUT2D eigenvalue weighted by atomic mass is 10.1. The van der Waals surface area contributed by atoms with Crippen LogP contribution in [0, 0.1) is 5.82 Å². The largest absolute Gasteiger partial charge is 0.369 e. The van der Waals surface area contributed by atoms with Crippen LogP contribution >= 0.6 is 0 Å². The van der Waals surface area contributed by atoms with Gasteiger partial charge in [0.15, 0.2) is 0 Å². The second kappa shape index (κ2) is 5.73. The Morgan fingerprint density at radius 3 is 2.71 bits per heavy atom. The van der Waals surface area contributed by atoms with Crippen LogP contribution in [0.1, 0.15) is 5.56 Å². The third kappa shape index (κ3) is 3.44. The van der Waals surface area contributed by atoms with Gasteiger partial charge in [-0.05, 0) is 25.1 Å². The van der Waals surface area contributed by atoms with Crippen LogP contribution in [0.3, 0.4) is 0 Å². The first-order valence-electron chi connectivity index (χ1n) is 4.65. The molecule has 78 valence electrons. The highest BCUT2D eigenvalue weighted by atomic mass is 19.1. The fourth-order valence-corrected chi connectivity index (χ4v) is 1.30. The summed E-state index contributed by atoms with van der Waals surface area (Å²) in [7, 11) is 3.60. The molecule has 0 amide bonds. The SMILES string of the molecule is COCN(C)CCc1ccccc1F. The molecule has 0 aliphatic carbocycles. The third-order valence-corrected chi connectivity index (χ3v) is 2.07. The molecule has 0 heterocycles. The van der Waals surface area contributed by atoms with E-state index >= 15 is 0 Å². The molecule has 0 radical (unpaired) electrons. The molecular weight excluding hydrogens is 181 g/mol. The lowest BCUT2D eigenvalue weighted by molar-refractivity contribution is 0.0826. The topological polar surface area (TPSA) is 12.5 Å². The van der Waals surface area contributed by atoms with Gasteiger partial charge in [0.25, 0.3) is 0 Å². The Hall–Kier alpha value is -0.930. The minimum absolute atomic E-state index is 0.127. The molecule has 3 heteroatoms. The summed E-state index contributed by atoms with van der Waals surface area (Å²) in [6.45, 7) is 1.38. The van der Waals surface area contributed by atoms with Crippen molar-refractivity contribution >= 4 is 0 Å². The van der Waals surface area contributed by atoms with E-state index in [1.54, 1.807) is 13.2 Å². The summed E-state index contributed by atoms with van der Waals surface area (Å²) in [5, 5.41) is 0. The molecule has 0 bridgehead atoms. The van der Waals surface area contributed by atoms with E-state index in [1.807, 2.05) is 24.1 Å². The maximum absolute atomic E-state index is 13.2. The van der Waals surface area contributed by atoms with E-state index < -0.39 is 0 Å². The number of hydrogen-bond donors (Lipinski definition) is 0. The van der Waals surface area contributed by atoms with E-state index in [0.717, 1.165) is 12.1 Å². The van der Waals surface area contributed by atoms with E-state index in [0.29, 0.717) is 13.2 Å². The van der Waals surface area contributed by atoms with Crippen LogP contribution in [-0.2, 0) is 11.2 Å². The molecule has 0 aromatic heterocycles. The van der Waals surface area contributed by atoms with Gasteiger partial charge in [-0.3, -0.25) is 4.90 Å². The zero-order valence-electron chi connectivity index (χ0n) is 8.66. The fraction of sp³-hybridized carbons (Fsp3) is 0.455. The molecule has 14 heavy (non-hydrogen) atoms. The zero-order chi connectivity index (χ0) is 10.4. The van der Waals surface area contributed by atoms with E-state index in [1.165, 1.54) is 6.07 Å². The Morgan fingerprint density at radius 2 is 2.07 bits per heavy atom. The first-order chi connectivity index (χ1) is 6.74. The summed E-state index contributed by atoms with van der Waals surface area (Å²) in [4.78, 5) is 2.01. The van der Waals surface area contributed by atoms with E-state index in [-0.39, 0.29) is 5.82 Å². The van der Waals surface area contributed by atoms with Gasteiger partial charge in [0.2, 0.25) is 0 Å². The minimum atomic E-state index is -0.127. The smallest absolute Gasteiger partial charge is 0.126 e. The quantitative estimate of drug-likeness (QED) is 0.668. The van der Waals surface area contributed by atoms with Gasteiger partial charge in [-0.1, -0.05) is 18.2 Å². The van der Waals surface area contributed by atoms with Crippen molar-refractivity contribution < 1.29 is 9.13 Å². The summed E-state index contributed by atoms with van der Waals surface area (Å²) < 4.78 is 18.1. The van der Waals surface area contributed by atoms with Gasteiger partial charge >= 0.3 is 0 Å². The average molecular weight is 197 g/mol. The van der Waals surface area contributed by atoms with Crippen molar-refractivity contribution in [3.63, 3.8) is 0 Å². The van der Waals surface area contributed by atoms with Crippen molar-refractivity contribution in [1.82, 2.24) is 4.90 Å². The molecule has 1 aromatic rings. The van der Waals surface area contributed by atoms with E-state index in [9.17, 15) is 4.39 Å². The highest BCUT2D eigenvalue weighted by molar-refractivity contribution is 5.17. The molecule has 0 spiro atoms. The normalized spacial score (nSPS) is 10.9. The Labute approximate surface area is 84.3 Å². The van der Waals surface area contributed by atoms with Crippen LogP contribution in [-0.4, -0.2) is 32.3 Å². The third-order valence-electron chi connectivity index (χ3n) is 2.07. The Morgan fingerprint density at radius 1 is 1.36 bits per heavy atom. The van der Waals surface area contributed by atoms with Gasteiger partial charge in [0.1, 0.15) is 5.82 Å². The lowest BCUT2D eigenvalue weighted by Crippen LogP contribution is -2.23. The summed E-state index contributed by atoms with van der Waals surface area (Å²) in [6.07, 6.45) is 0.715. The summed E-state index contributed by atoms with van der Waals surface area (Å²) in [5.41, 5.74) is 0.760. The summed E-state index contributed by atoms with van der Waals surface area (Å²) >= 11 is 0. The number of nitrogens with zero attached hydrogens (tertiary/aromatic N) is 1. The maximum atomic E-state index is 13.2. The molecular formula is C11H16FNO. The molecule has 0 saturated carbocycles. The lowest BCUT2D eigenvalue weighted by Gasteiger charge is -2.14. The predicted molar refractivity (Wildman–Crippen MR) is 54.6 cm³/mol. The monoisotopic (exact) mass is 197 g/mol.